The Morgan fingerprint density at radius 3 is 3.08 bits per heavy atom. The molecule has 64 valence electrons. The van der Waals surface area contributed by atoms with Gasteiger partial charge in [0.15, 0.2) is 0 Å². The van der Waals surface area contributed by atoms with Crippen molar-refractivity contribution in [1.29, 1.82) is 0 Å². The zero-order chi connectivity index (χ0) is 8.81. The van der Waals surface area contributed by atoms with Crippen LogP contribution in [0.4, 0.5) is 4.39 Å². The fourth-order valence-electron chi connectivity index (χ4n) is 0.794. The Hall–Kier alpha value is -0.700. The molecule has 1 aromatic heterocycles. The number of alkyl halides is 1. The van der Waals surface area contributed by atoms with Gasteiger partial charge in [-0.3, -0.25) is 4.98 Å². The molecule has 3 heteroatoms. The van der Waals surface area contributed by atoms with Gasteiger partial charge in [-0.15, -0.1) is 0 Å². The van der Waals surface area contributed by atoms with Gasteiger partial charge < -0.3 is 0 Å². The molecule has 0 atom stereocenters. The molecule has 0 aliphatic rings. The highest BCUT2D eigenvalue weighted by Crippen LogP contribution is 2.07. The first-order valence-electron chi connectivity index (χ1n) is 3.66. The lowest BCUT2D eigenvalue weighted by Gasteiger charge is -1.93. The van der Waals surface area contributed by atoms with Crippen LogP contribution in [0, 0.1) is 5.82 Å². The summed E-state index contributed by atoms with van der Waals surface area (Å²) in [5, 5.41) is 0.899. The summed E-state index contributed by atoms with van der Waals surface area (Å²) in [5.41, 5.74) is 0.589. The van der Waals surface area contributed by atoms with Gasteiger partial charge in [0.1, 0.15) is 5.82 Å². The van der Waals surface area contributed by atoms with Gasteiger partial charge in [0.25, 0.3) is 0 Å². The summed E-state index contributed by atoms with van der Waals surface area (Å²) >= 11 is 3.28. The number of hydrogen-bond donors (Lipinski definition) is 0. The van der Waals surface area contributed by atoms with Crippen molar-refractivity contribution in [2.75, 3.05) is 5.33 Å². The molecule has 0 aliphatic heterocycles. The molecule has 0 saturated heterocycles. The van der Waals surface area contributed by atoms with Crippen LogP contribution >= 0.6 is 15.9 Å². The summed E-state index contributed by atoms with van der Waals surface area (Å²) in [4.78, 5) is 3.66. The lowest BCUT2D eigenvalue weighted by molar-refractivity contribution is 0.618. The van der Waals surface area contributed by atoms with Gasteiger partial charge in [-0.2, -0.15) is 0 Å². The second-order valence-electron chi connectivity index (χ2n) is 2.28. The van der Waals surface area contributed by atoms with E-state index < -0.39 is 0 Å². The molecule has 0 amide bonds. The van der Waals surface area contributed by atoms with E-state index in [1.54, 1.807) is 18.3 Å². The molecule has 0 N–H and O–H groups in total. The largest absolute Gasteiger partial charge is 0.262 e. The summed E-state index contributed by atoms with van der Waals surface area (Å²) < 4.78 is 12.9. The minimum Gasteiger partial charge on any atom is -0.262 e. The van der Waals surface area contributed by atoms with E-state index in [4.69, 9.17) is 0 Å². The van der Waals surface area contributed by atoms with Crippen LogP contribution in [0.15, 0.2) is 24.5 Å². The molecule has 0 fully saturated rings. The van der Waals surface area contributed by atoms with E-state index in [-0.39, 0.29) is 5.82 Å². The van der Waals surface area contributed by atoms with Crippen LogP contribution in [-0.4, -0.2) is 10.3 Å². The minimum absolute atomic E-state index is 0.275. The Kier molecular flexibility index (Phi) is 3.94. The zero-order valence-corrected chi connectivity index (χ0v) is 8.09. The predicted molar refractivity (Wildman–Crippen MR) is 51.6 cm³/mol. The van der Waals surface area contributed by atoms with Gasteiger partial charge in [-0.1, -0.05) is 28.1 Å². The molecular formula is C9H9BrFN. The third-order valence-electron chi connectivity index (χ3n) is 1.38. The van der Waals surface area contributed by atoms with Gasteiger partial charge in [0, 0.05) is 17.1 Å². The summed E-state index contributed by atoms with van der Waals surface area (Å²) in [6, 6.07) is 1.65. The first-order chi connectivity index (χ1) is 5.84. The predicted octanol–water partition coefficient (Wildman–Crippen LogP) is 3.02. The van der Waals surface area contributed by atoms with Crippen LogP contribution in [-0.2, 0) is 0 Å². The first kappa shape index (κ1) is 9.39. The zero-order valence-electron chi connectivity index (χ0n) is 6.50. The number of aromatic nitrogens is 1. The molecule has 1 aromatic rings. The van der Waals surface area contributed by atoms with Gasteiger partial charge >= 0.3 is 0 Å². The van der Waals surface area contributed by atoms with Crippen molar-refractivity contribution in [2.45, 2.75) is 6.42 Å². The third kappa shape index (κ3) is 2.74. The number of allylic oxidation sites excluding steroid dienone is 1. The number of pyridine rings is 1. The average molecular weight is 230 g/mol. The minimum atomic E-state index is -0.275. The average Bonchev–Trinajstić information content (AvgIpc) is 2.09. The third-order valence-corrected chi connectivity index (χ3v) is 1.83. The molecule has 1 rings (SSSR count). The molecule has 0 aliphatic carbocycles. The van der Waals surface area contributed by atoms with E-state index in [9.17, 15) is 4.39 Å². The maximum atomic E-state index is 12.9. The topological polar surface area (TPSA) is 12.9 Å². The lowest BCUT2D eigenvalue weighted by atomic mass is 10.2. The van der Waals surface area contributed by atoms with Crippen LogP contribution in [0.25, 0.3) is 6.08 Å². The van der Waals surface area contributed by atoms with Crippen LogP contribution in [0.5, 0.6) is 0 Å². The van der Waals surface area contributed by atoms with Crippen LogP contribution in [0.2, 0.25) is 0 Å². The summed E-state index contributed by atoms with van der Waals surface area (Å²) in [6.45, 7) is 0. The molecule has 0 aromatic carbocycles. The Morgan fingerprint density at radius 2 is 2.42 bits per heavy atom. The fourth-order valence-corrected chi connectivity index (χ4v) is 1.06. The van der Waals surface area contributed by atoms with Crippen molar-refractivity contribution in [3.8, 4) is 0 Å². The van der Waals surface area contributed by atoms with E-state index >= 15 is 0 Å². The lowest BCUT2D eigenvalue weighted by Crippen LogP contribution is -1.82. The molecule has 0 saturated carbocycles. The number of rotatable bonds is 3. The molecule has 0 unspecified atom stereocenters. The number of halogens is 2. The Balaban J connectivity index is 2.68. The van der Waals surface area contributed by atoms with Crippen molar-refractivity contribution in [3.63, 3.8) is 0 Å². The Morgan fingerprint density at radius 1 is 1.58 bits per heavy atom. The van der Waals surface area contributed by atoms with Gasteiger partial charge in [0.2, 0.25) is 0 Å². The van der Waals surface area contributed by atoms with Crippen molar-refractivity contribution >= 4 is 22.0 Å². The number of nitrogens with zero attached hydrogens (tertiary/aromatic N) is 1. The fraction of sp³-hybridized carbons (Fsp3) is 0.222. The maximum absolute atomic E-state index is 12.9. The molecule has 1 heterocycles. The summed E-state index contributed by atoms with van der Waals surface area (Å²) in [5.74, 6) is -0.275. The van der Waals surface area contributed by atoms with Crippen LogP contribution in [0.1, 0.15) is 12.0 Å². The number of hydrogen-bond acceptors (Lipinski definition) is 1. The first-order valence-corrected chi connectivity index (χ1v) is 4.79. The van der Waals surface area contributed by atoms with E-state index in [0.717, 1.165) is 11.8 Å². The SMILES string of the molecule is Fc1cnccc1/C=C/CCBr. The Labute approximate surface area is 79.5 Å². The second kappa shape index (κ2) is 5.04. The van der Waals surface area contributed by atoms with E-state index in [0.29, 0.717) is 5.56 Å². The molecule has 12 heavy (non-hydrogen) atoms. The molecule has 1 nitrogen and oxygen atoms in total. The van der Waals surface area contributed by atoms with Crippen LogP contribution in [0.3, 0.4) is 0 Å². The highest BCUT2D eigenvalue weighted by atomic mass is 79.9. The monoisotopic (exact) mass is 229 g/mol. The van der Waals surface area contributed by atoms with Gasteiger partial charge in [-0.25, -0.2) is 4.39 Å². The smallest absolute Gasteiger partial charge is 0.148 e. The van der Waals surface area contributed by atoms with Gasteiger partial charge in [-0.05, 0) is 12.5 Å². The molecule has 0 bridgehead atoms. The van der Waals surface area contributed by atoms with Crippen molar-refractivity contribution in [1.82, 2.24) is 4.98 Å². The summed E-state index contributed by atoms with van der Waals surface area (Å²) in [6.07, 6.45) is 7.39. The van der Waals surface area contributed by atoms with Gasteiger partial charge in [0.05, 0.1) is 6.20 Å². The summed E-state index contributed by atoms with van der Waals surface area (Å²) in [7, 11) is 0. The quantitative estimate of drug-likeness (QED) is 0.727. The molecular weight excluding hydrogens is 221 g/mol. The van der Waals surface area contributed by atoms with E-state index in [1.165, 1.54) is 6.20 Å². The van der Waals surface area contributed by atoms with E-state index in [1.807, 2.05) is 6.08 Å². The van der Waals surface area contributed by atoms with E-state index in [2.05, 4.69) is 20.9 Å². The molecule has 0 spiro atoms. The highest BCUT2D eigenvalue weighted by molar-refractivity contribution is 9.09. The normalized spacial score (nSPS) is 10.8. The van der Waals surface area contributed by atoms with Crippen molar-refractivity contribution in [2.24, 2.45) is 0 Å². The maximum Gasteiger partial charge on any atom is 0.148 e. The van der Waals surface area contributed by atoms with Crippen molar-refractivity contribution < 1.29 is 4.39 Å². The van der Waals surface area contributed by atoms with Crippen LogP contribution < -0.4 is 0 Å². The molecule has 0 radical (unpaired) electrons. The Bertz CT molecular complexity index is 273. The standard InChI is InChI=1S/C9H9BrFN/c10-5-2-1-3-8-4-6-12-7-9(8)11/h1,3-4,6-7H,2,5H2/b3-1+. The highest BCUT2D eigenvalue weighted by Gasteiger charge is 1.94. The second-order valence-corrected chi connectivity index (χ2v) is 3.07. The van der Waals surface area contributed by atoms with Crippen molar-refractivity contribution in [3.05, 3.63) is 35.9 Å².